The molecule has 33 heavy (non-hydrogen) atoms. The van der Waals surface area contributed by atoms with Crippen molar-refractivity contribution >= 4 is 5.82 Å². The number of rotatable bonds is 4. The molecule has 2 aliphatic heterocycles. The van der Waals surface area contributed by atoms with E-state index in [9.17, 15) is 14.3 Å². The number of halogens is 1. The molecule has 172 valence electrons. The average Bonchev–Trinajstić information content (AvgIpc) is 2.83. The lowest BCUT2D eigenvalue weighted by molar-refractivity contribution is -0.0175. The number of hydrogen-bond donors (Lipinski definition) is 2. The fourth-order valence-corrected chi connectivity index (χ4v) is 4.59. The fraction of sp³-hybridized carbons (Fsp3) is 0.375. The molecule has 5 rings (SSSR count). The van der Waals surface area contributed by atoms with E-state index in [-0.39, 0.29) is 29.4 Å². The molecule has 0 aliphatic carbocycles. The van der Waals surface area contributed by atoms with Crippen LogP contribution in [0.1, 0.15) is 6.42 Å². The van der Waals surface area contributed by atoms with Crippen LogP contribution in [0.4, 0.5) is 10.2 Å². The molecule has 8 nitrogen and oxygen atoms in total. The van der Waals surface area contributed by atoms with Gasteiger partial charge in [-0.1, -0.05) is 6.07 Å². The monoisotopic (exact) mass is 451 g/mol. The predicted octanol–water partition coefficient (Wildman–Crippen LogP) is 2.12. The van der Waals surface area contributed by atoms with Gasteiger partial charge in [0.15, 0.2) is 0 Å². The highest BCUT2D eigenvalue weighted by Gasteiger charge is 2.42. The van der Waals surface area contributed by atoms with Crippen molar-refractivity contribution in [1.82, 2.24) is 19.9 Å². The largest absolute Gasteiger partial charge is 0.507 e. The maximum Gasteiger partial charge on any atom is 0.250 e. The van der Waals surface area contributed by atoms with Gasteiger partial charge >= 0.3 is 0 Å². The van der Waals surface area contributed by atoms with Gasteiger partial charge in [-0.15, -0.1) is 0 Å². The number of phenolic OH excluding ortho intramolecular Hbond substituents is 1. The molecular formula is C24H26FN5O3. The summed E-state index contributed by atoms with van der Waals surface area (Å²) in [5.74, 6) is 0.613. The summed E-state index contributed by atoms with van der Waals surface area (Å²) in [6.45, 7) is 0.963. The van der Waals surface area contributed by atoms with Crippen LogP contribution < -0.4 is 15.8 Å². The zero-order chi connectivity index (χ0) is 23.1. The Balaban J connectivity index is 1.36. The van der Waals surface area contributed by atoms with Gasteiger partial charge in [0.2, 0.25) is 0 Å². The lowest BCUT2D eigenvalue weighted by Gasteiger charge is -2.45. The smallest absolute Gasteiger partial charge is 0.250 e. The molecule has 2 N–H and O–H groups in total. The molecule has 2 unspecified atom stereocenters. The van der Waals surface area contributed by atoms with Crippen molar-refractivity contribution in [3.63, 3.8) is 0 Å². The number of piperidine rings is 1. The van der Waals surface area contributed by atoms with Crippen LogP contribution in [0.3, 0.4) is 0 Å². The molecule has 0 saturated carbocycles. The van der Waals surface area contributed by atoms with E-state index < -0.39 is 6.17 Å². The summed E-state index contributed by atoms with van der Waals surface area (Å²) in [7, 11) is 3.52. The first kappa shape index (κ1) is 21.5. The third kappa shape index (κ3) is 4.09. The summed E-state index contributed by atoms with van der Waals surface area (Å²) < 4.78 is 22.0. The number of pyridine rings is 1. The standard InChI is InChI=1S/C24H26FN5O3/c1-29-6-5-15(8-23(29)32)14-3-4-17(21(31)7-14)18-10-27-22(11-26-18)30(2)20-9-16-12-33-13-19(28-16)24(20)25/h3-8,10-11,16,19-20,24,28,31H,9,12-13H2,1-2H3/t16?,19?,20-,24+/m0/s1. The Morgan fingerprint density at radius 1 is 1.18 bits per heavy atom. The maximum atomic E-state index is 15.0. The summed E-state index contributed by atoms with van der Waals surface area (Å²) in [5.41, 5.74) is 2.37. The molecule has 1 aromatic carbocycles. The number of morpholine rings is 1. The van der Waals surface area contributed by atoms with E-state index in [4.69, 9.17) is 4.74 Å². The summed E-state index contributed by atoms with van der Waals surface area (Å²) in [4.78, 5) is 22.7. The quantitative estimate of drug-likeness (QED) is 0.628. The van der Waals surface area contributed by atoms with Crippen LogP contribution >= 0.6 is 0 Å². The number of nitrogens with one attached hydrogen (secondary N) is 1. The highest BCUT2D eigenvalue weighted by molar-refractivity contribution is 5.74. The van der Waals surface area contributed by atoms with E-state index in [0.29, 0.717) is 36.7 Å². The number of alkyl halides is 1. The first-order valence-electron chi connectivity index (χ1n) is 10.9. The molecule has 9 heteroatoms. The normalized spacial score (nSPS) is 24.5. The predicted molar refractivity (Wildman–Crippen MR) is 123 cm³/mol. The van der Waals surface area contributed by atoms with Crippen LogP contribution in [0.25, 0.3) is 22.4 Å². The number of aromatic nitrogens is 3. The van der Waals surface area contributed by atoms with Gasteiger partial charge in [0.05, 0.1) is 43.4 Å². The van der Waals surface area contributed by atoms with Crippen molar-refractivity contribution < 1.29 is 14.2 Å². The molecule has 2 bridgehead atoms. The molecule has 4 heterocycles. The number of aromatic hydroxyl groups is 1. The molecule has 2 saturated heterocycles. The number of hydrogen-bond acceptors (Lipinski definition) is 7. The molecule has 0 spiro atoms. The first-order chi connectivity index (χ1) is 15.9. The number of benzene rings is 1. The number of ether oxygens (including phenoxy) is 1. The van der Waals surface area contributed by atoms with Crippen molar-refractivity contribution in [2.24, 2.45) is 7.05 Å². The van der Waals surface area contributed by atoms with Crippen molar-refractivity contribution in [3.05, 3.63) is 59.3 Å². The maximum absolute atomic E-state index is 15.0. The molecule has 2 aliphatic rings. The topological polar surface area (TPSA) is 92.5 Å². The Morgan fingerprint density at radius 2 is 2.00 bits per heavy atom. The minimum absolute atomic E-state index is 0.0404. The average molecular weight is 452 g/mol. The van der Waals surface area contributed by atoms with Crippen LogP contribution in [-0.2, 0) is 11.8 Å². The van der Waals surface area contributed by atoms with Crippen LogP contribution in [0.15, 0.2) is 53.7 Å². The lowest BCUT2D eigenvalue weighted by Crippen LogP contribution is -2.65. The lowest BCUT2D eigenvalue weighted by atomic mass is 9.90. The van der Waals surface area contributed by atoms with E-state index >= 15 is 0 Å². The van der Waals surface area contributed by atoms with Crippen LogP contribution in [0, 0.1) is 0 Å². The Labute approximate surface area is 190 Å². The van der Waals surface area contributed by atoms with Gasteiger partial charge in [0.25, 0.3) is 5.56 Å². The highest BCUT2D eigenvalue weighted by Crippen LogP contribution is 2.33. The van der Waals surface area contributed by atoms with Gasteiger partial charge in [0, 0.05) is 38.0 Å². The summed E-state index contributed by atoms with van der Waals surface area (Å²) >= 11 is 0. The van der Waals surface area contributed by atoms with Gasteiger partial charge in [0.1, 0.15) is 17.7 Å². The van der Waals surface area contributed by atoms with Crippen LogP contribution in [-0.4, -0.2) is 64.2 Å². The summed E-state index contributed by atoms with van der Waals surface area (Å²) in [6.07, 6.45) is 4.43. The number of anilines is 1. The van der Waals surface area contributed by atoms with E-state index in [1.807, 2.05) is 24.1 Å². The Bertz CT molecular complexity index is 1220. The third-order valence-corrected chi connectivity index (χ3v) is 6.55. The van der Waals surface area contributed by atoms with Gasteiger partial charge in [-0.25, -0.2) is 9.37 Å². The Morgan fingerprint density at radius 3 is 2.73 bits per heavy atom. The van der Waals surface area contributed by atoms with Gasteiger partial charge in [-0.05, 0) is 35.7 Å². The number of phenols is 1. The van der Waals surface area contributed by atoms with Crippen molar-refractivity contribution in [2.75, 3.05) is 25.2 Å². The first-order valence-corrected chi connectivity index (χ1v) is 10.9. The van der Waals surface area contributed by atoms with E-state index in [1.54, 1.807) is 37.8 Å². The Kier molecular flexibility index (Phi) is 5.59. The fourth-order valence-electron chi connectivity index (χ4n) is 4.59. The molecule has 0 radical (unpaired) electrons. The van der Waals surface area contributed by atoms with Crippen molar-refractivity contribution in [2.45, 2.75) is 30.7 Å². The zero-order valence-corrected chi connectivity index (χ0v) is 18.5. The van der Waals surface area contributed by atoms with E-state index in [2.05, 4.69) is 15.3 Å². The molecule has 0 amide bonds. The number of fused-ring (bicyclic) bond motifs is 2. The van der Waals surface area contributed by atoms with Crippen LogP contribution in [0.5, 0.6) is 5.75 Å². The molecule has 2 aromatic heterocycles. The number of nitrogens with zero attached hydrogens (tertiary/aromatic N) is 4. The van der Waals surface area contributed by atoms with Crippen molar-refractivity contribution in [1.29, 1.82) is 0 Å². The van der Waals surface area contributed by atoms with Gasteiger partial charge < -0.3 is 24.6 Å². The second-order valence-electron chi connectivity index (χ2n) is 8.72. The molecule has 2 fully saturated rings. The second kappa shape index (κ2) is 8.57. The molecule has 4 atom stereocenters. The SMILES string of the molecule is CN(c1cnc(-c2ccc(-c3ccn(C)c(=O)c3)cc2O)cn1)[C@H]1CC2COCC(N2)[C@H]1F. The number of aryl methyl sites for hydroxylation is 1. The minimum Gasteiger partial charge on any atom is -0.507 e. The van der Waals surface area contributed by atoms with Gasteiger partial charge in [-0.3, -0.25) is 9.78 Å². The van der Waals surface area contributed by atoms with Gasteiger partial charge in [-0.2, -0.15) is 0 Å². The molecule has 3 aromatic rings. The Hall–Kier alpha value is -3.30. The summed E-state index contributed by atoms with van der Waals surface area (Å²) in [6, 6.07) is 8.05. The zero-order valence-electron chi connectivity index (χ0n) is 18.5. The summed E-state index contributed by atoms with van der Waals surface area (Å²) in [5, 5.41) is 13.9. The van der Waals surface area contributed by atoms with Crippen LogP contribution in [0.2, 0.25) is 0 Å². The third-order valence-electron chi connectivity index (χ3n) is 6.55. The second-order valence-corrected chi connectivity index (χ2v) is 8.72. The molecular weight excluding hydrogens is 425 g/mol. The van der Waals surface area contributed by atoms with E-state index in [1.165, 1.54) is 10.6 Å². The highest BCUT2D eigenvalue weighted by atomic mass is 19.1. The minimum atomic E-state index is -1.07. The van der Waals surface area contributed by atoms with Crippen molar-refractivity contribution in [3.8, 4) is 28.1 Å². The van der Waals surface area contributed by atoms with E-state index in [0.717, 1.165) is 11.1 Å².